The molecule has 0 heterocycles. The standard InChI is InChI=1S/C13H17NO5/c1-3-14-12(15)6-7-19-11-5-4-9(18-2)8-10(11)13(16)17/h4-5,8H,3,6-7H2,1-2H3,(H,14,15)(H,16,17). The Morgan fingerprint density at radius 1 is 1.37 bits per heavy atom. The normalized spacial score (nSPS) is 9.79. The lowest BCUT2D eigenvalue weighted by molar-refractivity contribution is -0.121. The van der Waals surface area contributed by atoms with E-state index in [1.54, 1.807) is 6.07 Å². The Kier molecular flexibility index (Phi) is 5.66. The van der Waals surface area contributed by atoms with Crippen LogP contribution in [0.15, 0.2) is 18.2 Å². The monoisotopic (exact) mass is 267 g/mol. The van der Waals surface area contributed by atoms with Crippen molar-refractivity contribution in [2.45, 2.75) is 13.3 Å². The summed E-state index contributed by atoms with van der Waals surface area (Å²) in [6.45, 7) is 2.50. The van der Waals surface area contributed by atoms with Crippen molar-refractivity contribution in [3.8, 4) is 11.5 Å². The molecule has 6 heteroatoms. The van der Waals surface area contributed by atoms with Gasteiger partial charge in [0.25, 0.3) is 0 Å². The van der Waals surface area contributed by atoms with Gasteiger partial charge >= 0.3 is 5.97 Å². The first kappa shape index (κ1) is 14.8. The molecule has 0 saturated carbocycles. The minimum Gasteiger partial charge on any atom is -0.497 e. The van der Waals surface area contributed by atoms with Crippen molar-refractivity contribution in [2.75, 3.05) is 20.3 Å². The maximum atomic E-state index is 11.2. The molecule has 0 aliphatic carbocycles. The number of amides is 1. The van der Waals surface area contributed by atoms with Gasteiger partial charge in [-0.05, 0) is 25.1 Å². The van der Waals surface area contributed by atoms with Gasteiger partial charge in [-0.1, -0.05) is 0 Å². The van der Waals surface area contributed by atoms with Crippen LogP contribution in [0.1, 0.15) is 23.7 Å². The van der Waals surface area contributed by atoms with E-state index in [1.165, 1.54) is 19.2 Å². The Morgan fingerprint density at radius 3 is 2.68 bits per heavy atom. The number of carbonyl (C=O) groups is 2. The third-order valence-corrected chi connectivity index (χ3v) is 2.38. The topological polar surface area (TPSA) is 84.9 Å². The van der Waals surface area contributed by atoms with Crippen molar-refractivity contribution in [1.82, 2.24) is 5.32 Å². The van der Waals surface area contributed by atoms with E-state index in [4.69, 9.17) is 14.6 Å². The van der Waals surface area contributed by atoms with E-state index in [0.29, 0.717) is 12.3 Å². The molecule has 6 nitrogen and oxygen atoms in total. The fraction of sp³-hybridized carbons (Fsp3) is 0.385. The summed E-state index contributed by atoms with van der Waals surface area (Å²) in [5, 5.41) is 11.7. The van der Waals surface area contributed by atoms with E-state index in [9.17, 15) is 9.59 Å². The molecule has 2 N–H and O–H groups in total. The largest absolute Gasteiger partial charge is 0.497 e. The molecule has 0 spiro atoms. The number of ether oxygens (including phenoxy) is 2. The molecule has 0 aliphatic rings. The number of aromatic carboxylic acids is 1. The number of hydrogen-bond donors (Lipinski definition) is 2. The van der Waals surface area contributed by atoms with E-state index in [0.717, 1.165) is 0 Å². The van der Waals surface area contributed by atoms with E-state index in [2.05, 4.69) is 5.32 Å². The van der Waals surface area contributed by atoms with Crippen LogP contribution in [-0.4, -0.2) is 37.2 Å². The number of benzene rings is 1. The first-order chi connectivity index (χ1) is 9.08. The molecule has 1 amide bonds. The van der Waals surface area contributed by atoms with Gasteiger partial charge < -0.3 is 19.9 Å². The number of nitrogens with one attached hydrogen (secondary N) is 1. The molecule has 0 unspecified atom stereocenters. The number of methoxy groups -OCH3 is 1. The Balaban J connectivity index is 2.67. The highest BCUT2D eigenvalue weighted by molar-refractivity contribution is 5.91. The lowest BCUT2D eigenvalue weighted by Crippen LogP contribution is -2.24. The van der Waals surface area contributed by atoms with Gasteiger partial charge in [-0.25, -0.2) is 4.79 Å². The quantitative estimate of drug-likeness (QED) is 0.777. The summed E-state index contributed by atoms with van der Waals surface area (Å²) in [5.41, 5.74) is 0.00949. The average molecular weight is 267 g/mol. The summed E-state index contributed by atoms with van der Waals surface area (Å²) in [6, 6.07) is 4.50. The smallest absolute Gasteiger partial charge is 0.339 e. The number of hydrogen-bond acceptors (Lipinski definition) is 4. The van der Waals surface area contributed by atoms with Gasteiger partial charge in [-0.2, -0.15) is 0 Å². The molecule has 0 saturated heterocycles. The van der Waals surface area contributed by atoms with Gasteiger partial charge in [0, 0.05) is 6.54 Å². The highest BCUT2D eigenvalue weighted by Crippen LogP contribution is 2.24. The predicted octanol–water partition coefficient (Wildman–Crippen LogP) is 1.30. The Labute approximate surface area is 111 Å². The third-order valence-electron chi connectivity index (χ3n) is 2.38. The maximum Gasteiger partial charge on any atom is 0.339 e. The summed E-state index contributed by atoms with van der Waals surface area (Å²) < 4.78 is 10.3. The summed E-state index contributed by atoms with van der Waals surface area (Å²) in [7, 11) is 1.45. The molecule has 1 aromatic carbocycles. The van der Waals surface area contributed by atoms with E-state index < -0.39 is 5.97 Å². The van der Waals surface area contributed by atoms with Crippen molar-refractivity contribution < 1.29 is 24.2 Å². The first-order valence-electron chi connectivity index (χ1n) is 5.89. The van der Waals surface area contributed by atoms with Crippen molar-refractivity contribution in [1.29, 1.82) is 0 Å². The van der Waals surface area contributed by atoms with Crippen LogP contribution in [0.4, 0.5) is 0 Å². The van der Waals surface area contributed by atoms with Gasteiger partial charge in [0.05, 0.1) is 20.1 Å². The zero-order valence-corrected chi connectivity index (χ0v) is 10.9. The minimum absolute atomic E-state index is 0.00949. The van der Waals surface area contributed by atoms with Crippen LogP contribution in [0.3, 0.4) is 0 Å². The Bertz CT molecular complexity index is 458. The number of carboxylic acid groups (broad SMARTS) is 1. The number of rotatable bonds is 7. The minimum atomic E-state index is -1.10. The summed E-state index contributed by atoms with van der Waals surface area (Å²) >= 11 is 0. The fourth-order valence-corrected chi connectivity index (χ4v) is 1.47. The average Bonchev–Trinajstić information content (AvgIpc) is 2.39. The van der Waals surface area contributed by atoms with Crippen LogP contribution in [0.2, 0.25) is 0 Å². The molecule has 0 aliphatic heterocycles. The van der Waals surface area contributed by atoms with Gasteiger partial charge in [0.15, 0.2) is 0 Å². The second-order valence-electron chi connectivity index (χ2n) is 3.72. The van der Waals surface area contributed by atoms with Crippen LogP contribution >= 0.6 is 0 Å². The SMILES string of the molecule is CCNC(=O)CCOc1ccc(OC)cc1C(=O)O. The van der Waals surface area contributed by atoms with Crippen molar-refractivity contribution in [3.05, 3.63) is 23.8 Å². The molecule has 0 aromatic heterocycles. The number of carboxylic acids is 1. The first-order valence-corrected chi connectivity index (χ1v) is 5.89. The van der Waals surface area contributed by atoms with Crippen LogP contribution in [0.25, 0.3) is 0 Å². The molecular weight excluding hydrogens is 250 g/mol. The molecule has 104 valence electrons. The zero-order valence-electron chi connectivity index (χ0n) is 10.9. The van der Waals surface area contributed by atoms with Crippen LogP contribution < -0.4 is 14.8 Å². The molecule has 19 heavy (non-hydrogen) atoms. The molecule has 0 radical (unpaired) electrons. The van der Waals surface area contributed by atoms with Crippen LogP contribution in [-0.2, 0) is 4.79 Å². The lowest BCUT2D eigenvalue weighted by Gasteiger charge is -2.10. The molecule has 0 bridgehead atoms. The highest BCUT2D eigenvalue weighted by Gasteiger charge is 2.13. The van der Waals surface area contributed by atoms with Crippen molar-refractivity contribution in [3.63, 3.8) is 0 Å². The fourth-order valence-electron chi connectivity index (χ4n) is 1.47. The summed E-state index contributed by atoms with van der Waals surface area (Å²) in [5.74, 6) is -0.578. The van der Waals surface area contributed by atoms with E-state index in [-0.39, 0.29) is 30.2 Å². The van der Waals surface area contributed by atoms with Crippen LogP contribution in [0.5, 0.6) is 11.5 Å². The van der Waals surface area contributed by atoms with Crippen molar-refractivity contribution >= 4 is 11.9 Å². The number of carbonyl (C=O) groups excluding carboxylic acids is 1. The van der Waals surface area contributed by atoms with Crippen LogP contribution in [0, 0.1) is 0 Å². The third kappa shape index (κ3) is 4.50. The van der Waals surface area contributed by atoms with Gasteiger partial charge in [0.2, 0.25) is 5.91 Å². The maximum absolute atomic E-state index is 11.2. The second kappa shape index (κ2) is 7.25. The van der Waals surface area contributed by atoms with Gasteiger partial charge in [-0.3, -0.25) is 4.79 Å². The molecule has 1 rings (SSSR count). The lowest BCUT2D eigenvalue weighted by atomic mass is 10.2. The van der Waals surface area contributed by atoms with Gasteiger partial charge in [-0.15, -0.1) is 0 Å². The highest BCUT2D eigenvalue weighted by atomic mass is 16.5. The molecule has 0 fully saturated rings. The summed E-state index contributed by atoms with van der Waals surface area (Å²) in [6.07, 6.45) is 0.179. The Hall–Kier alpha value is -2.24. The summed E-state index contributed by atoms with van der Waals surface area (Å²) in [4.78, 5) is 22.3. The van der Waals surface area contributed by atoms with E-state index in [1.807, 2.05) is 6.92 Å². The molecule has 1 aromatic rings. The second-order valence-corrected chi connectivity index (χ2v) is 3.72. The Morgan fingerprint density at radius 2 is 2.11 bits per heavy atom. The molecule has 0 atom stereocenters. The zero-order chi connectivity index (χ0) is 14.3. The van der Waals surface area contributed by atoms with Gasteiger partial charge in [0.1, 0.15) is 17.1 Å². The molecular formula is C13H17NO5. The van der Waals surface area contributed by atoms with Crippen molar-refractivity contribution in [2.24, 2.45) is 0 Å². The van der Waals surface area contributed by atoms with E-state index >= 15 is 0 Å². The predicted molar refractivity (Wildman–Crippen MR) is 68.7 cm³/mol.